The zero-order valence-electron chi connectivity index (χ0n) is 12.5. The zero-order valence-corrected chi connectivity index (χ0v) is 12.5. The van der Waals surface area contributed by atoms with E-state index in [1.165, 1.54) is 5.56 Å². The SMILES string of the molecule is COc1ccc(CN2C3COCC2CC(=O)C3)cc1OC. The summed E-state index contributed by atoms with van der Waals surface area (Å²) in [5.74, 6) is 1.83. The van der Waals surface area contributed by atoms with E-state index in [1.807, 2.05) is 18.2 Å². The molecule has 2 atom stereocenters. The lowest BCUT2D eigenvalue weighted by Gasteiger charge is -2.45. The minimum absolute atomic E-state index is 0.207. The maximum absolute atomic E-state index is 11.7. The smallest absolute Gasteiger partial charge is 0.161 e. The summed E-state index contributed by atoms with van der Waals surface area (Å²) in [6.07, 6.45) is 1.20. The predicted octanol–water partition coefficient (Wildman–Crippen LogP) is 1.64. The van der Waals surface area contributed by atoms with Crippen LogP contribution in [0, 0.1) is 0 Å². The van der Waals surface area contributed by atoms with Crippen molar-refractivity contribution in [2.24, 2.45) is 0 Å². The van der Waals surface area contributed by atoms with Gasteiger partial charge < -0.3 is 14.2 Å². The van der Waals surface area contributed by atoms with Gasteiger partial charge in [0.2, 0.25) is 0 Å². The van der Waals surface area contributed by atoms with Gasteiger partial charge in [-0.05, 0) is 17.7 Å². The van der Waals surface area contributed by atoms with Gasteiger partial charge in [-0.3, -0.25) is 9.69 Å². The Kier molecular flexibility index (Phi) is 4.12. The second-order valence-corrected chi connectivity index (χ2v) is 5.65. The van der Waals surface area contributed by atoms with Gasteiger partial charge in [0.25, 0.3) is 0 Å². The van der Waals surface area contributed by atoms with Crippen LogP contribution in [0.2, 0.25) is 0 Å². The molecule has 0 N–H and O–H groups in total. The topological polar surface area (TPSA) is 48.0 Å². The third-order valence-electron chi connectivity index (χ3n) is 4.30. The Morgan fingerprint density at radius 3 is 2.43 bits per heavy atom. The van der Waals surface area contributed by atoms with Crippen LogP contribution in [-0.2, 0) is 16.1 Å². The van der Waals surface area contributed by atoms with Crippen LogP contribution in [0.4, 0.5) is 0 Å². The summed E-state index contributed by atoms with van der Waals surface area (Å²) in [4.78, 5) is 14.1. The fraction of sp³-hybridized carbons (Fsp3) is 0.562. The van der Waals surface area contributed by atoms with Crippen LogP contribution in [0.3, 0.4) is 0 Å². The Labute approximate surface area is 124 Å². The molecule has 3 rings (SSSR count). The molecular formula is C16H21NO4. The number of fused-ring (bicyclic) bond motifs is 2. The molecule has 2 saturated heterocycles. The van der Waals surface area contributed by atoms with Crippen LogP contribution in [0.1, 0.15) is 18.4 Å². The molecule has 2 aliphatic rings. The second-order valence-electron chi connectivity index (χ2n) is 5.65. The van der Waals surface area contributed by atoms with Crippen LogP contribution in [0.15, 0.2) is 18.2 Å². The number of morpholine rings is 1. The molecule has 21 heavy (non-hydrogen) atoms. The van der Waals surface area contributed by atoms with Crippen molar-refractivity contribution < 1.29 is 19.0 Å². The molecule has 2 fully saturated rings. The number of hydrogen-bond donors (Lipinski definition) is 0. The highest BCUT2D eigenvalue weighted by atomic mass is 16.5. The number of methoxy groups -OCH3 is 2. The molecule has 0 amide bonds. The summed E-state index contributed by atoms with van der Waals surface area (Å²) in [5.41, 5.74) is 1.17. The number of hydrogen-bond acceptors (Lipinski definition) is 5. The molecule has 0 aromatic heterocycles. The molecule has 0 saturated carbocycles. The third-order valence-corrected chi connectivity index (χ3v) is 4.30. The zero-order chi connectivity index (χ0) is 14.8. The average molecular weight is 291 g/mol. The highest BCUT2D eigenvalue weighted by Crippen LogP contribution is 2.31. The Bertz CT molecular complexity index is 515. The van der Waals surface area contributed by atoms with Crippen molar-refractivity contribution >= 4 is 5.78 Å². The molecule has 2 aliphatic heterocycles. The molecule has 5 heteroatoms. The van der Waals surface area contributed by atoms with Crippen molar-refractivity contribution in [2.45, 2.75) is 31.5 Å². The van der Waals surface area contributed by atoms with Crippen molar-refractivity contribution in [2.75, 3.05) is 27.4 Å². The summed E-state index contributed by atoms with van der Waals surface area (Å²) < 4.78 is 16.2. The minimum atomic E-state index is 0.207. The summed E-state index contributed by atoms with van der Waals surface area (Å²) in [6, 6.07) is 6.40. The Balaban J connectivity index is 1.78. The number of carbonyl (C=O) groups is 1. The quantitative estimate of drug-likeness (QED) is 0.844. The molecule has 2 heterocycles. The fourth-order valence-corrected chi connectivity index (χ4v) is 3.24. The van der Waals surface area contributed by atoms with E-state index in [-0.39, 0.29) is 12.1 Å². The van der Waals surface area contributed by atoms with E-state index >= 15 is 0 Å². The maximum Gasteiger partial charge on any atom is 0.161 e. The molecule has 5 nitrogen and oxygen atoms in total. The largest absolute Gasteiger partial charge is 0.493 e. The Hall–Kier alpha value is -1.59. The van der Waals surface area contributed by atoms with Crippen LogP contribution >= 0.6 is 0 Å². The lowest BCUT2D eigenvalue weighted by atomic mass is 9.92. The average Bonchev–Trinajstić information content (AvgIpc) is 2.48. The van der Waals surface area contributed by atoms with Gasteiger partial charge in [-0.25, -0.2) is 0 Å². The first kappa shape index (κ1) is 14.4. The number of piperidine rings is 1. The number of ketones is 1. The first-order valence-electron chi connectivity index (χ1n) is 7.27. The number of Topliss-reactive ketones (excluding diaryl/α,β-unsaturated/α-hetero) is 1. The van der Waals surface area contributed by atoms with Gasteiger partial charge in [-0.15, -0.1) is 0 Å². The number of rotatable bonds is 4. The molecule has 0 radical (unpaired) electrons. The first-order valence-corrected chi connectivity index (χ1v) is 7.27. The fourth-order valence-electron chi connectivity index (χ4n) is 3.24. The maximum atomic E-state index is 11.7. The van der Waals surface area contributed by atoms with E-state index in [9.17, 15) is 4.79 Å². The van der Waals surface area contributed by atoms with Crippen molar-refractivity contribution in [1.29, 1.82) is 0 Å². The molecule has 0 spiro atoms. The van der Waals surface area contributed by atoms with Gasteiger partial charge in [0.15, 0.2) is 11.5 Å². The van der Waals surface area contributed by atoms with Crippen molar-refractivity contribution in [1.82, 2.24) is 4.90 Å². The lowest BCUT2D eigenvalue weighted by Crippen LogP contribution is -2.56. The molecule has 2 bridgehead atoms. The lowest BCUT2D eigenvalue weighted by molar-refractivity contribution is -0.136. The van der Waals surface area contributed by atoms with Gasteiger partial charge in [-0.2, -0.15) is 0 Å². The molecule has 1 aromatic rings. The second kappa shape index (κ2) is 6.03. The van der Waals surface area contributed by atoms with Gasteiger partial charge in [-0.1, -0.05) is 6.07 Å². The molecule has 114 valence electrons. The summed E-state index contributed by atoms with van der Waals surface area (Å²) in [5, 5.41) is 0. The van der Waals surface area contributed by atoms with Crippen LogP contribution in [-0.4, -0.2) is 50.2 Å². The van der Waals surface area contributed by atoms with Gasteiger partial charge in [0.1, 0.15) is 5.78 Å². The van der Waals surface area contributed by atoms with Crippen LogP contribution < -0.4 is 9.47 Å². The van der Waals surface area contributed by atoms with Crippen LogP contribution in [0.5, 0.6) is 11.5 Å². The highest BCUT2D eigenvalue weighted by Gasteiger charge is 2.38. The Morgan fingerprint density at radius 1 is 1.14 bits per heavy atom. The van der Waals surface area contributed by atoms with Crippen molar-refractivity contribution in [3.63, 3.8) is 0 Å². The standard InChI is InChI=1S/C16H21NO4/c1-19-15-4-3-11(5-16(15)20-2)8-17-12-6-14(18)7-13(17)10-21-9-12/h3-5,12-13H,6-10H2,1-2H3. The predicted molar refractivity (Wildman–Crippen MR) is 77.7 cm³/mol. The van der Waals surface area contributed by atoms with Gasteiger partial charge >= 0.3 is 0 Å². The van der Waals surface area contributed by atoms with E-state index in [0.717, 1.165) is 18.0 Å². The monoisotopic (exact) mass is 291 g/mol. The minimum Gasteiger partial charge on any atom is -0.493 e. The van der Waals surface area contributed by atoms with E-state index in [1.54, 1.807) is 14.2 Å². The number of benzene rings is 1. The van der Waals surface area contributed by atoms with E-state index in [0.29, 0.717) is 31.8 Å². The molecule has 0 aliphatic carbocycles. The summed E-state index contributed by atoms with van der Waals surface area (Å²) in [7, 11) is 3.28. The van der Waals surface area contributed by atoms with Crippen molar-refractivity contribution in [3.05, 3.63) is 23.8 Å². The van der Waals surface area contributed by atoms with E-state index < -0.39 is 0 Å². The van der Waals surface area contributed by atoms with Crippen molar-refractivity contribution in [3.8, 4) is 11.5 Å². The Morgan fingerprint density at radius 2 is 1.81 bits per heavy atom. The summed E-state index contributed by atoms with van der Waals surface area (Å²) in [6.45, 7) is 2.11. The normalized spacial score (nSPS) is 25.7. The molecular weight excluding hydrogens is 270 g/mol. The highest BCUT2D eigenvalue weighted by molar-refractivity contribution is 5.80. The summed E-state index contributed by atoms with van der Waals surface area (Å²) >= 11 is 0. The van der Waals surface area contributed by atoms with E-state index in [4.69, 9.17) is 14.2 Å². The number of carbonyl (C=O) groups excluding carboxylic acids is 1. The number of nitrogens with zero attached hydrogens (tertiary/aromatic N) is 1. The molecule has 1 aromatic carbocycles. The van der Waals surface area contributed by atoms with Gasteiger partial charge in [0.05, 0.1) is 27.4 Å². The first-order chi connectivity index (χ1) is 10.2. The number of ether oxygens (including phenoxy) is 3. The third kappa shape index (κ3) is 2.89. The van der Waals surface area contributed by atoms with Gasteiger partial charge in [0, 0.05) is 31.5 Å². The van der Waals surface area contributed by atoms with E-state index in [2.05, 4.69) is 4.90 Å². The van der Waals surface area contributed by atoms with Crippen LogP contribution in [0.25, 0.3) is 0 Å². The molecule has 2 unspecified atom stereocenters.